The molecule has 1 aliphatic carbocycles. The second kappa shape index (κ2) is 15.7. The van der Waals surface area contributed by atoms with Crippen molar-refractivity contribution in [3.8, 4) is 11.5 Å². The average Bonchev–Trinajstić information content (AvgIpc) is 2.81. The minimum atomic E-state index is -0.102. The van der Waals surface area contributed by atoms with Gasteiger partial charge in [-0.05, 0) is 62.3 Å². The molecule has 0 saturated heterocycles. The van der Waals surface area contributed by atoms with Crippen molar-refractivity contribution in [3.63, 3.8) is 0 Å². The third-order valence-corrected chi connectivity index (χ3v) is 8.10. The number of halogens is 1. The van der Waals surface area contributed by atoms with E-state index >= 15 is 0 Å². The molecular weight excluding hydrogens is 583 g/mol. The number of nitrogens with one attached hydrogen (secondary N) is 2. The maximum Gasteiger partial charge on any atom is 0.123 e. The number of aromatic hydroxyl groups is 2. The molecule has 0 heterocycles. The Morgan fingerprint density at radius 2 is 1.02 bits per heavy atom. The molecule has 1 aliphatic rings. The Bertz CT molecular complexity index is 1130. The number of hydrogen-bond donors (Lipinski definition) is 3. The molecule has 6 heteroatoms. The minimum absolute atomic E-state index is 0. The topological polar surface area (TPSA) is 76.3 Å². The number of rotatable bonds is 4. The quantitative estimate of drug-likeness (QED) is 0.290. The fraction of sp³-hybridized carbons (Fsp3) is 0.667. The maximum atomic E-state index is 10.8. The molecule has 0 unspecified atom stereocenters. The normalized spacial score (nSPS) is 14.8. The molecular formula is C36H60ClMnN2O2-. The van der Waals surface area contributed by atoms with Gasteiger partial charge in [-0.15, -0.1) is 19.0 Å². The van der Waals surface area contributed by atoms with Gasteiger partial charge in [-0.2, -0.15) is 0 Å². The molecule has 0 atom stereocenters. The van der Waals surface area contributed by atoms with Gasteiger partial charge in [0.1, 0.15) is 11.5 Å². The third kappa shape index (κ3) is 11.4. The van der Waals surface area contributed by atoms with Crippen molar-refractivity contribution in [2.75, 3.05) is 0 Å². The largest absolute Gasteiger partial charge is 0.674 e. The molecule has 241 valence electrons. The Hall–Kier alpha value is -1.23. The van der Waals surface area contributed by atoms with Crippen LogP contribution in [0.2, 0.25) is 0 Å². The summed E-state index contributed by atoms with van der Waals surface area (Å²) in [6, 6.07) is 9.03. The van der Waals surface area contributed by atoms with Gasteiger partial charge >= 0.3 is 0 Å². The van der Waals surface area contributed by atoms with Crippen LogP contribution in [-0.2, 0) is 51.8 Å². The van der Waals surface area contributed by atoms with Crippen LogP contribution in [0.15, 0.2) is 24.3 Å². The van der Waals surface area contributed by atoms with Crippen molar-refractivity contribution < 1.29 is 27.3 Å². The summed E-state index contributed by atoms with van der Waals surface area (Å²) in [6.45, 7) is 26.8. The summed E-state index contributed by atoms with van der Waals surface area (Å²) >= 11 is 0. The molecule has 2 aromatic carbocycles. The van der Waals surface area contributed by atoms with E-state index in [4.69, 9.17) is 5.73 Å². The van der Waals surface area contributed by atoms with Crippen LogP contribution >= 0.6 is 12.4 Å². The summed E-state index contributed by atoms with van der Waals surface area (Å²) in [6.07, 6.45) is 6.58. The molecule has 42 heavy (non-hydrogen) atoms. The molecule has 4 N–H and O–H groups in total. The first-order chi connectivity index (χ1) is 18.2. The predicted octanol–water partition coefficient (Wildman–Crippen LogP) is 10.4. The SMILES string of the molecule is CC(C)(C)c1cc(CNC2CCCCC2)c(O)c(C(C)(C)C)c1.CC(C)(C)c1cc(C[NH-])c(O)c(C(C)(C)C)c1.Cl.[Mn]. The summed E-state index contributed by atoms with van der Waals surface area (Å²) in [5, 5.41) is 24.7. The van der Waals surface area contributed by atoms with E-state index in [9.17, 15) is 10.2 Å². The molecule has 0 bridgehead atoms. The maximum absolute atomic E-state index is 10.8. The first-order valence-corrected chi connectivity index (χ1v) is 15.3. The molecule has 1 saturated carbocycles. The van der Waals surface area contributed by atoms with E-state index in [-0.39, 0.29) is 57.7 Å². The van der Waals surface area contributed by atoms with E-state index in [2.05, 4.69) is 107 Å². The van der Waals surface area contributed by atoms with E-state index in [0.717, 1.165) is 28.8 Å². The summed E-state index contributed by atoms with van der Waals surface area (Å²) < 4.78 is 0. The second-order valence-electron chi connectivity index (χ2n) is 16.0. The van der Waals surface area contributed by atoms with Gasteiger partial charge in [0.05, 0.1) is 0 Å². The molecule has 4 nitrogen and oxygen atoms in total. The summed E-state index contributed by atoms with van der Waals surface area (Å²) in [5.74, 6) is 0.773. The van der Waals surface area contributed by atoms with Crippen LogP contribution in [0.1, 0.15) is 149 Å². The fourth-order valence-electron chi connectivity index (χ4n) is 5.23. The smallest absolute Gasteiger partial charge is 0.123 e. The van der Waals surface area contributed by atoms with Gasteiger partial charge in [-0.3, -0.25) is 0 Å². The Balaban J connectivity index is 0.000000797. The van der Waals surface area contributed by atoms with E-state index in [0.29, 0.717) is 17.5 Å². The summed E-state index contributed by atoms with van der Waals surface area (Å²) in [4.78, 5) is 0. The van der Waals surface area contributed by atoms with Crippen molar-refractivity contribution in [1.82, 2.24) is 5.32 Å². The average molecular weight is 643 g/mol. The molecule has 0 amide bonds. The Kier molecular flexibility index (Phi) is 15.2. The van der Waals surface area contributed by atoms with Gasteiger partial charge in [0.25, 0.3) is 0 Å². The second-order valence-corrected chi connectivity index (χ2v) is 16.0. The Morgan fingerprint density at radius 1 is 0.643 bits per heavy atom. The van der Waals surface area contributed by atoms with E-state index < -0.39 is 0 Å². The van der Waals surface area contributed by atoms with Crippen molar-refractivity contribution >= 4 is 12.4 Å². The zero-order chi connectivity index (χ0) is 30.7. The van der Waals surface area contributed by atoms with Crippen LogP contribution in [0.25, 0.3) is 5.73 Å². The van der Waals surface area contributed by atoms with Crippen LogP contribution in [0.5, 0.6) is 11.5 Å². The zero-order valence-corrected chi connectivity index (χ0v) is 30.5. The number of phenolic OH excluding ortho intramolecular Hbond substituents is 2. The van der Waals surface area contributed by atoms with Crippen molar-refractivity contribution in [3.05, 3.63) is 63.4 Å². The van der Waals surface area contributed by atoms with Gasteiger partial charge in [-0.1, -0.05) is 127 Å². The molecule has 0 aliphatic heterocycles. The van der Waals surface area contributed by atoms with Crippen molar-refractivity contribution in [1.29, 1.82) is 0 Å². The van der Waals surface area contributed by atoms with Crippen LogP contribution in [0, 0.1) is 0 Å². The van der Waals surface area contributed by atoms with Crippen LogP contribution < -0.4 is 5.32 Å². The van der Waals surface area contributed by atoms with E-state index in [1.807, 2.05) is 6.07 Å². The summed E-state index contributed by atoms with van der Waals surface area (Å²) in [7, 11) is 0. The summed E-state index contributed by atoms with van der Waals surface area (Å²) in [5.41, 5.74) is 13.8. The molecule has 1 fully saturated rings. The molecule has 1 radical (unpaired) electrons. The van der Waals surface area contributed by atoms with Crippen molar-refractivity contribution in [2.45, 2.75) is 156 Å². The van der Waals surface area contributed by atoms with Crippen LogP contribution in [0.4, 0.5) is 0 Å². The molecule has 0 spiro atoms. The number of phenols is 2. The number of hydrogen-bond acceptors (Lipinski definition) is 3. The predicted molar refractivity (Wildman–Crippen MR) is 180 cm³/mol. The Morgan fingerprint density at radius 3 is 1.38 bits per heavy atom. The van der Waals surface area contributed by atoms with Gasteiger partial charge < -0.3 is 21.3 Å². The molecule has 0 aromatic heterocycles. The minimum Gasteiger partial charge on any atom is -0.674 e. The van der Waals surface area contributed by atoms with Crippen LogP contribution in [0.3, 0.4) is 0 Å². The van der Waals surface area contributed by atoms with Gasteiger partial charge in [-0.25, -0.2) is 0 Å². The molecule has 3 rings (SSSR count). The standard InChI is InChI=1S/C21H35NO.C15H24NO.ClH.Mn/c1-20(2,3)16-12-15(14-22-17-10-8-7-9-11-17)19(23)18(13-16)21(4,5)6;1-14(2,3)11-7-10(9-16)13(17)12(8-11)15(4,5)6;;/h12-13,17,22-23H,7-11,14H2,1-6H3;7-8,16-17H,9H2,1-6H3;1H;/q;-1;;. The zero-order valence-electron chi connectivity index (χ0n) is 28.5. The van der Waals surface area contributed by atoms with Gasteiger partial charge in [0.15, 0.2) is 0 Å². The Labute approximate surface area is 274 Å². The van der Waals surface area contributed by atoms with Gasteiger partial charge in [0.2, 0.25) is 0 Å². The monoisotopic (exact) mass is 642 g/mol. The van der Waals surface area contributed by atoms with E-state index in [1.165, 1.54) is 43.2 Å². The third-order valence-electron chi connectivity index (χ3n) is 8.10. The fourth-order valence-corrected chi connectivity index (χ4v) is 5.23. The number of benzene rings is 2. The van der Waals surface area contributed by atoms with Gasteiger partial charge in [0, 0.05) is 35.2 Å². The van der Waals surface area contributed by atoms with E-state index in [1.54, 1.807) is 0 Å². The van der Waals surface area contributed by atoms with Crippen LogP contribution in [-0.4, -0.2) is 16.3 Å². The first-order valence-electron chi connectivity index (χ1n) is 15.3. The first kappa shape index (κ1) is 40.8. The molecule has 2 aromatic rings. The van der Waals surface area contributed by atoms with Crippen molar-refractivity contribution in [2.24, 2.45) is 0 Å².